The Kier molecular flexibility index (Phi) is 5.60. The average Bonchev–Trinajstić information content (AvgIpc) is 2.94. The Balaban J connectivity index is 1.70. The zero-order valence-electron chi connectivity index (χ0n) is 19.3. The van der Waals surface area contributed by atoms with E-state index in [2.05, 4.69) is 23.1 Å². The molecule has 0 amide bonds. The van der Waals surface area contributed by atoms with Crippen LogP contribution >= 0.6 is 0 Å². The summed E-state index contributed by atoms with van der Waals surface area (Å²) in [4.78, 5) is 21.5. The molecule has 35 heavy (non-hydrogen) atoms. The van der Waals surface area contributed by atoms with Crippen molar-refractivity contribution in [3.63, 3.8) is 0 Å². The lowest BCUT2D eigenvalue weighted by Gasteiger charge is -2.29. The van der Waals surface area contributed by atoms with E-state index in [-0.39, 0.29) is 5.56 Å². The van der Waals surface area contributed by atoms with Crippen LogP contribution < -0.4 is 10.5 Å². The molecule has 1 aliphatic rings. The Morgan fingerprint density at radius 2 is 1.31 bits per heavy atom. The molecular formula is C30H25N3O2. The highest BCUT2D eigenvalue weighted by Crippen LogP contribution is 2.32. The van der Waals surface area contributed by atoms with Crippen LogP contribution in [0.3, 0.4) is 0 Å². The van der Waals surface area contributed by atoms with E-state index in [1.165, 1.54) is 0 Å². The van der Waals surface area contributed by atoms with Gasteiger partial charge >= 0.3 is 0 Å². The molecule has 172 valence electrons. The number of rotatable bonds is 4. The number of para-hydroxylation sites is 1. The molecular weight excluding hydrogens is 434 g/mol. The Morgan fingerprint density at radius 1 is 0.714 bits per heavy atom. The summed E-state index contributed by atoms with van der Waals surface area (Å²) in [5.41, 5.74) is 4.49. The number of fused-ring (bicyclic) bond motifs is 1. The first-order valence-electron chi connectivity index (χ1n) is 11.9. The van der Waals surface area contributed by atoms with E-state index < -0.39 is 0 Å². The van der Waals surface area contributed by atoms with E-state index in [4.69, 9.17) is 9.72 Å². The second-order valence-electron chi connectivity index (χ2n) is 8.63. The summed E-state index contributed by atoms with van der Waals surface area (Å²) in [6.07, 6.45) is 0. The second-order valence-corrected chi connectivity index (χ2v) is 8.63. The lowest BCUT2D eigenvalue weighted by atomic mass is 10.0. The fourth-order valence-electron chi connectivity index (χ4n) is 4.73. The first-order chi connectivity index (χ1) is 17.3. The van der Waals surface area contributed by atoms with Crippen LogP contribution in [0.4, 0.5) is 5.82 Å². The molecule has 0 saturated carbocycles. The summed E-state index contributed by atoms with van der Waals surface area (Å²) < 4.78 is 7.41. The number of aromatic nitrogens is 2. The summed E-state index contributed by atoms with van der Waals surface area (Å²) in [5.74, 6) is 0.721. The van der Waals surface area contributed by atoms with Crippen LogP contribution in [0.2, 0.25) is 0 Å². The van der Waals surface area contributed by atoms with E-state index in [0.29, 0.717) is 31.7 Å². The number of benzene rings is 3. The average molecular weight is 460 g/mol. The molecule has 2 aromatic heterocycles. The molecule has 0 atom stereocenters. The zero-order chi connectivity index (χ0) is 23.6. The van der Waals surface area contributed by atoms with Crippen LogP contribution in [-0.4, -0.2) is 35.9 Å². The lowest BCUT2D eigenvalue weighted by Crippen LogP contribution is -2.38. The molecule has 3 aromatic carbocycles. The number of nitrogens with zero attached hydrogens (tertiary/aromatic N) is 3. The maximum absolute atomic E-state index is 14.3. The van der Waals surface area contributed by atoms with Gasteiger partial charge in [-0.15, -0.1) is 0 Å². The van der Waals surface area contributed by atoms with Crippen molar-refractivity contribution in [2.75, 3.05) is 31.2 Å². The Labute approximate surface area is 203 Å². The number of pyridine rings is 2. The highest BCUT2D eigenvalue weighted by atomic mass is 16.5. The number of morpholine rings is 1. The minimum absolute atomic E-state index is 0.0684. The van der Waals surface area contributed by atoms with Crippen molar-refractivity contribution in [1.29, 1.82) is 0 Å². The van der Waals surface area contributed by atoms with Gasteiger partial charge in [0, 0.05) is 24.3 Å². The SMILES string of the molecule is O=c1c2c(N3CCOCC3)nc(-c3ccccc3)cc2cc(-c2ccccc2)n1-c1ccccc1. The van der Waals surface area contributed by atoms with Crippen molar-refractivity contribution in [3.8, 4) is 28.2 Å². The van der Waals surface area contributed by atoms with Gasteiger partial charge in [-0.25, -0.2) is 4.98 Å². The third-order valence-corrected chi connectivity index (χ3v) is 6.45. The number of hydrogen-bond donors (Lipinski definition) is 0. The third kappa shape index (κ3) is 4.00. The largest absolute Gasteiger partial charge is 0.378 e. The summed E-state index contributed by atoms with van der Waals surface area (Å²) in [6.45, 7) is 2.64. The molecule has 0 aliphatic carbocycles. The van der Waals surface area contributed by atoms with Gasteiger partial charge in [-0.3, -0.25) is 9.36 Å². The fourth-order valence-corrected chi connectivity index (χ4v) is 4.73. The lowest BCUT2D eigenvalue weighted by molar-refractivity contribution is 0.122. The summed E-state index contributed by atoms with van der Waals surface area (Å²) in [5, 5.41) is 1.52. The zero-order valence-corrected chi connectivity index (χ0v) is 19.3. The summed E-state index contributed by atoms with van der Waals surface area (Å²) in [6, 6.07) is 34.2. The standard InChI is InChI=1S/C30H25N3O2/c34-30-28-24(21-27(23-12-6-2-7-13-23)33(30)25-14-8-3-9-15-25)20-26(22-10-4-1-5-11-22)31-29(28)32-16-18-35-19-17-32/h1-15,20-21H,16-19H2. The third-order valence-electron chi connectivity index (χ3n) is 6.45. The molecule has 1 fully saturated rings. The molecule has 1 saturated heterocycles. The van der Waals surface area contributed by atoms with Gasteiger partial charge in [0.2, 0.25) is 0 Å². The molecule has 3 heterocycles. The molecule has 5 nitrogen and oxygen atoms in total. The minimum Gasteiger partial charge on any atom is -0.378 e. The van der Waals surface area contributed by atoms with Gasteiger partial charge in [0.05, 0.1) is 30.0 Å². The number of anilines is 1. The van der Waals surface area contributed by atoms with Crippen molar-refractivity contribution in [2.45, 2.75) is 0 Å². The smallest absolute Gasteiger partial charge is 0.267 e. The molecule has 0 spiro atoms. The number of hydrogen-bond acceptors (Lipinski definition) is 4. The van der Waals surface area contributed by atoms with Crippen molar-refractivity contribution in [2.24, 2.45) is 0 Å². The van der Waals surface area contributed by atoms with Crippen molar-refractivity contribution >= 4 is 16.6 Å². The summed E-state index contributed by atoms with van der Waals surface area (Å²) >= 11 is 0. The van der Waals surface area contributed by atoms with Crippen LogP contribution in [0.25, 0.3) is 39.0 Å². The van der Waals surface area contributed by atoms with Crippen LogP contribution in [0.1, 0.15) is 0 Å². The van der Waals surface area contributed by atoms with E-state index in [9.17, 15) is 4.79 Å². The van der Waals surface area contributed by atoms with Gasteiger partial charge in [0.25, 0.3) is 5.56 Å². The van der Waals surface area contributed by atoms with Gasteiger partial charge in [-0.1, -0.05) is 78.9 Å². The molecule has 5 heteroatoms. The maximum atomic E-state index is 14.3. The Bertz CT molecular complexity index is 1530. The predicted molar refractivity (Wildman–Crippen MR) is 141 cm³/mol. The number of ether oxygens (including phenoxy) is 1. The molecule has 5 aromatic rings. The van der Waals surface area contributed by atoms with Crippen molar-refractivity contribution in [1.82, 2.24) is 9.55 Å². The molecule has 1 aliphatic heterocycles. The quantitative estimate of drug-likeness (QED) is 0.353. The van der Waals surface area contributed by atoms with E-state index in [0.717, 1.165) is 39.4 Å². The van der Waals surface area contributed by atoms with Crippen LogP contribution in [0, 0.1) is 0 Å². The molecule has 0 N–H and O–H groups in total. The van der Waals surface area contributed by atoms with Crippen LogP contribution in [0.5, 0.6) is 0 Å². The Morgan fingerprint density at radius 3 is 1.97 bits per heavy atom. The molecule has 0 bridgehead atoms. The first-order valence-corrected chi connectivity index (χ1v) is 11.9. The highest BCUT2D eigenvalue weighted by molar-refractivity contribution is 5.96. The first kappa shape index (κ1) is 21.3. The molecule has 6 rings (SSSR count). The summed E-state index contributed by atoms with van der Waals surface area (Å²) in [7, 11) is 0. The molecule has 0 unspecified atom stereocenters. The van der Waals surface area contributed by atoms with Crippen LogP contribution in [0.15, 0.2) is 108 Å². The normalized spacial score (nSPS) is 13.8. The van der Waals surface area contributed by atoms with Gasteiger partial charge < -0.3 is 9.64 Å². The second kappa shape index (κ2) is 9.20. The van der Waals surface area contributed by atoms with Crippen molar-refractivity contribution < 1.29 is 4.74 Å². The van der Waals surface area contributed by atoms with Crippen molar-refractivity contribution in [3.05, 3.63) is 113 Å². The minimum atomic E-state index is -0.0684. The van der Waals surface area contributed by atoms with Gasteiger partial charge in [0.15, 0.2) is 0 Å². The monoisotopic (exact) mass is 459 g/mol. The van der Waals surface area contributed by atoms with E-state index in [1.54, 1.807) is 0 Å². The highest BCUT2D eigenvalue weighted by Gasteiger charge is 2.22. The fraction of sp³-hybridized carbons (Fsp3) is 0.133. The van der Waals surface area contributed by atoms with Crippen LogP contribution in [-0.2, 0) is 4.74 Å². The van der Waals surface area contributed by atoms with E-state index in [1.807, 2.05) is 89.5 Å². The van der Waals surface area contributed by atoms with Gasteiger partial charge in [-0.05, 0) is 35.2 Å². The van der Waals surface area contributed by atoms with Gasteiger partial charge in [0.1, 0.15) is 5.82 Å². The predicted octanol–water partition coefficient (Wildman–Crippen LogP) is 5.56. The van der Waals surface area contributed by atoms with Gasteiger partial charge in [-0.2, -0.15) is 0 Å². The maximum Gasteiger partial charge on any atom is 0.267 e. The van der Waals surface area contributed by atoms with E-state index >= 15 is 0 Å². The topological polar surface area (TPSA) is 47.4 Å². The Hall–Kier alpha value is -4.22. The molecule has 0 radical (unpaired) electrons.